The highest BCUT2D eigenvalue weighted by atomic mass is 35.5. The van der Waals surface area contributed by atoms with E-state index in [0.717, 1.165) is 4.90 Å². The lowest BCUT2D eigenvalue weighted by Crippen LogP contribution is -2.69. The number of nitrogens with zero attached hydrogens (tertiary/aromatic N) is 1. The number of thioether (sulfide) groups is 2. The number of carbonyl (C=O) groups is 4. The number of hydrogen-bond donors (Lipinski definition) is 1. The van der Waals surface area contributed by atoms with E-state index in [2.05, 4.69) is 0 Å². The van der Waals surface area contributed by atoms with E-state index in [1.165, 1.54) is 18.7 Å². The van der Waals surface area contributed by atoms with Gasteiger partial charge in [-0.25, -0.2) is 9.59 Å². The third kappa shape index (κ3) is 4.12. The maximum absolute atomic E-state index is 12.6. The fourth-order valence-electron chi connectivity index (χ4n) is 2.33. The molecule has 11 heteroatoms. The van der Waals surface area contributed by atoms with Gasteiger partial charge in [0, 0.05) is 18.2 Å². The molecule has 0 spiro atoms. The number of halogens is 1. The van der Waals surface area contributed by atoms with Gasteiger partial charge in [-0.05, 0) is 32.5 Å². The topological polar surface area (TPSA) is 110 Å². The third-order valence-electron chi connectivity index (χ3n) is 3.33. The summed E-state index contributed by atoms with van der Waals surface area (Å²) in [6.45, 7) is 6.03. The minimum absolute atomic E-state index is 0.201. The van der Waals surface area contributed by atoms with Crippen molar-refractivity contribution in [2.75, 3.05) is 12.4 Å². The number of carboxylic acid groups (broad SMARTS) is 1. The number of alkyl halides is 1. The van der Waals surface area contributed by atoms with Crippen LogP contribution in [0.2, 0.25) is 0 Å². The van der Waals surface area contributed by atoms with Crippen LogP contribution >= 0.6 is 35.1 Å². The van der Waals surface area contributed by atoms with Crippen LogP contribution in [0.25, 0.3) is 0 Å². The number of fused-ring (bicyclic) bond motifs is 1. The molecule has 1 amide bonds. The first kappa shape index (κ1) is 20.9. The van der Waals surface area contributed by atoms with Gasteiger partial charge in [-0.2, -0.15) is 0 Å². The molecule has 0 aromatic heterocycles. The highest BCUT2D eigenvalue weighted by molar-refractivity contribution is 8.17. The number of rotatable bonds is 4. The Kier molecular flexibility index (Phi) is 5.89. The normalized spacial score (nSPS) is 25.3. The molecule has 0 saturated carbocycles. The Hall–Kier alpha value is -1.39. The van der Waals surface area contributed by atoms with E-state index in [0.29, 0.717) is 17.3 Å². The predicted octanol–water partition coefficient (Wildman–Crippen LogP) is 2.41. The van der Waals surface area contributed by atoms with Crippen LogP contribution in [0.1, 0.15) is 27.7 Å². The van der Waals surface area contributed by atoms with E-state index in [4.69, 9.17) is 21.1 Å². The molecule has 1 fully saturated rings. The van der Waals surface area contributed by atoms with Crippen LogP contribution in [0.5, 0.6) is 0 Å². The molecule has 0 radical (unpaired) electrons. The molecule has 144 valence electrons. The van der Waals surface area contributed by atoms with Gasteiger partial charge in [0.2, 0.25) is 4.21 Å². The molecule has 1 N–H and O–H groups in total. The van der Waals surface area contributed by atoms with Gasteiger partial charge in [-0.3, -0.25) is 14.5 Å². The average Bonchev–Trinajstić information content (AvgIpc) is 2.49. The quantitative estimate of drug-likeness (QED) is 0.414. The van der Waals surface area contributed by atoms with Crippen LogP contribution in [0.4, 0.5) is 4.79 Å². The maximum atomic E-state index is 12.6. The van der Waals surface area contributed by atoms with E-state index in [1.54, 1.807) is 20.8 Å². The summed E-state index contributed by atoms with van der Waals surface area (Å²) in [4.78, 5) is 48.2. The number of hydrogen-bond acceptors (Lipinski definition) is 8. The van der Waals surface area contributed by atoms with Crippen LogP contribution in [0, 0.1) is 0 Å². The third-order valence-corrected chi connectivity index (χ3v) is 6.55. The molecule has 2 aliphatic rings. The zero-order valence-corrected chi connectivity index (χ0v) is 16.9. The number of amides is 1. The van der Waals surface area contributed by atoms with Crippen molar-refractivity contribution >= 4 is 58.3 Å². The summed E-state index contributed by atoms with van der Waals surface area (Å²) in [5, 5.41) is 8.01. The van der Waals surface area contributed by atoms with Crippen molar-refractivity contribution < 1.29 is 33.8 Å². The first-order chi connectivity index (χ1) is 11.9. The highest BCUT2D eigenvalue weighted by Crippen LogP contribution is 2.55. The fourth-order valence-corrected chi connectivity index (χ4v) is 5.42. The minimum atomic E-state index is -1.64. The minimum Gasteiger partial charge on any atom is -0.477 e. The standard InChI is InChI=1S/C15H18ClNO7S2/c1-7(18)23-5-8-6-25-12-15(16,26-13(22)24-14(2,3)4)11(21)17(12)9(8)10(19)20/h12H,5-6H2,1-4H3,(H,19,20)/t12-,15-/m1/s1. The van der Waals surface area contributed by atoms with E-state index in [1.807, 2.05) is 0 Å². The van der Waals surface area contributed by atoms with E-state index in [9.17, 15) is 24.3 Å². The second kappa shape index (κ2) is 7.32. The van der Waals surface area contributed by atoms with Crippen molar-refractivity contribution in [1.29, 1.82) is 0 Å². The van der Waals surface area contributed by atoms with Crippen LogP contribution in [-0.2, 0) is 23.9 Å². The summed E-state index contributed by atoms with van der Waals surface area (Å²) >= 11 is 8.08. The number of esters is 1. The summed E-state index contributed by atoms with van der Waals surface area (Å²) < 4.78 is 8.39. The van der Waals surface area contributed by atoms with Crippen molar-refractivity contribution in [3.63, 3.8) is 0 Å². The predicted molar refractivity (Wildman–Crippen MR) is 96.8 cm³/mol. The van der Waals surface area contributed by atoms with E-state index >= 15 is 0 Å². The van der Waals surface area contributed by atoms with Crippen molar-refractivity contribution in [3.8, 4) is 0 Å². The molecule has 0 aromatic carbocycles. The zero-order chi connectivity index (χ0) is 19.9. The van der Waals surface area contributed by atoms with Crippen LogP contribution in [0.3, 0.4) is 0 Å². The number of aliphatic carboxylic acids is 1. The van der Waals surface area contributed by atoms with Crippen molar-refractivity contribution in [2.24, 2.45) is 0 Å². The summed E-state index contributed by atoms with van der Waals surface area (Å²) in [6, 6.07) is 0. The van der Waals surface area contributed by atoms with Gasteiger partial charge in [0.15, 0.2) is 0 Å². The van der Waals surface area contributed by atoms with Crippen LogP contribution in [-0.4, -0.2) is 60.7 Å². The van der Waals surface area contributed by atoms with Gasteiger partial charge < -0.3 is 14.6 Å². The van der Waals surface area contributed by atoms with Crippen LogP contribution < -0.4 is 0 Å². The first-order valence-electron chi connectivity index (χ1n) is 7.51. The number of carboxylic acids is 1. The summed E-state index contributed by atoms with van der Waals surface area (Å²) in [5.41, 5.74) is -0.711. The second-order valence-electron chi connectivity index (χ2n) is 6.59. The molecule has 2 atom stereocenters. The van der Waals surface area contributed by atoms with Crippen molar-refractivity contribution in [1.82, 2.24) is 4.90 Å². The smallest absolute Gasteiger partial charge is 0.370 e. The molecule has 0 bridgehead atoms. The van der Waals surface area contributed by atoms with Gasteiger partial charge in [0.05, 0.1) is 0 Å². The number of carbonyl (C=O) groups excluding carboxylic acids is 3. The molecule has 8 nitrogen and oxygen atoms in total. The maximum Gasteiger partial charge on any atom is 0.370 e. The van der Waals surface area contributed by atoms with Gasteiger partial charge in [-0.1, -0.05) is 11.6 Å². The Morgan fingerprint density at radius 2 is 2.04 bits per heavy atom. The molecule has 2 rings (SSSR count). The molecular weight excluding hydrogens is 406 g/mol. The van der Waals surface area contributed by atoms with Gasteiger partial charge in [-0.15, -0.1) is 11.8 Å². The van der Waals surface area contributed by atoms with Crippen LogP contribution in [0.15, 0.2) is 11.3 Å². The Labute approximate surface area is 163 Å². The van der Waals surface area contributed by atoms with Gasteiger partial charge >= 0.3 is 17.2 Å². The fraction of sp³-hybridized carbons (Fsp3) is 0.600. The summed E-state index contributed by atoms with van der Waals surface area (Å²) in [5.74, 6) is -2.40. The molecule has 2 heterocycles. The van der Waals surface area contributed by atoms with Crippen molar-refractivity contribution in [2.45, 2.75) is 42.9 Å². The van der Waals surface area contributed by atoms with Gasteiger partial charge in [0.1, 0.15) is 23.3 Å². The molecule has 2 aliphatic heterocycles. The Morgan fingerprint density at radius 3 is 2.54 bits per heavy atom. The molecular formula is C15H18ClNO7S2. The lowest BCUT2D eigenvalue weighted by Gasteiger charge is -2.53. The average molecular weight is 424 g/mol. The molecule has 0 aliphatic carbocycles. The molecule has 0 aromatic rings. The van der Waals surface area contributed by atoms with Gasteiger partial charge in [0.25, 0.3) is 5.91 Å². The Morgan fingerprint density at radius 1 is 1.42 bits per heavy atom. The summed E-state index contributed by atoms with van der Waals surface area (Å²) in [7, 11) is 0. The zero-order valence-electron chi connectivity index (χ0n) is 14.5. The largest absolute Gasteiger partial charge is 0.477 e. The monoisotopic (exact) mass is 423 g/mol. The number of ether oxygens (including phenoxy) is 2. The number of β-lactam (4-membered cyclic amide) rings is 1. The lowest BCUT2D eigenvalue weighted by atomic mass is 10.1. The SMILES string of the molecule is CC(=O)OCC1=C(C(=O)O)N2C(=O)[C@@](Cl)(SC(=O)OC(C)(C)C)[C@H]2SC1. The molecule has 26 heavy (non-hydrogen) atoms. The highest BCUT2D eigenvalue weighted by Gasteiger charge is 2.66. The Balaban J connectivity index is 2.21. The van der Waals surface area contributed by atoms with Crippen molar-refractivity contribution in [3.05, 3.63) is 11.3 Å². The first-order valence-corrected chi connectivity index (χ1v) is 9.76. The molecule has 0 unspecified atom stereocenters. The summed E-state index contributed by atoms with van der Waals surface area (Å²) in [6.07, 6.45) is 0. The van der Waals surface area contributed by atoms with E-state index < -0.39 is 38.3 Å². The lowest BCUT2D eigenvalue weighted by molar-refractivity contribution is -0.147. The van der Waals surface area contributed by atoms with E-state index in [-0.39, 0.29) is 18.1 Å². The second-order valence-corrected chi connectivity index (χ2v) is 9.66. The molecule has 1 saturated heterocycles. The Bertz CT molecular complexity index is 703.